The van der Waals surface area contributed by atoms with Crippen molar-refractivity contribution in [1.29, 1.82) is 0 Å². The van der Waals surface area contributed by atoms with E-state index in [0.29, 0.717) is 18.0 Å². The summed E-state index contributed by atoms with van der Waals surface area (Å²) in [7, 11) is -1.94. The van der Waals surface area contributed by atoms with Gasteiger partial charge >= 0.3 is 0 Å². The number of rotatable bonds is 7. The molecule has 0 unspecified atom stereocenters. The zero-order valence-electron chi connectivity index (χ0n) is 11.9. The monoisotopic (exact) mass is 300 g/mol. The van der Waals surface area contributed by atoms with Crippen LogP contribution in [0.2, 0.25) is 0 Å². The Morgan fingerprint density at radius 2 is 2.05 bits per heavy atom. The molecule has 0 bridgehead atoms. The van der Waals surface area contributed by atoms with Gasteiger partial charge in [-0.05, 0) is 18.6 Å². The van der Waals surface area contributed by atoms with Crippen LogP contribution in [0.1, 0.15) is 13.3 Å². The number of anilines is 1. The molecule has 0 radical (unpaired) electrons. The number of ether oxygens (including phenoxy) is 1. The molecule has 0 saturated carbocycles. The Labute approximate surface area is 119 Å². The van der Waals surface area contributed by atoms with Gasteiger partial charge in [0.2, 0.25) is 5.91 Å². The molecule has 0 saturated heterocycles. The van der Waals surface area contributed by atoms with Crippen LogP contribution in [0.25, 0.3) is 0 Å². The highest BCUT2D eigenvalue weighted by Gasteiger charge is 2.15. The molecule has 20 heavy (non-hydrogen) atoms. The number of hydrogen-bond donors (Lipinski definition) is 2. The van der Waals surface area contributed by atoms with Crippen molar-refractivity contribution in [2.75, 3.05) is 31.8 Å². The van der Waals surface area contributed by atoms with Crippen molar-refractivity contribution in [1.82, 2.24) is 5.32 Å². The van der Waals surface area contributed by atoms with Crippen molar-refractivity contribution < 1.29 is 17.9 Å². The molecule has 0 atom stereocenters. The van der Waals surface area contributed by atoms with E-state index in [1.807, 2.05) is 6.92 Å². The first-order valence-electron chi connectivity index (χ1n) is 6.27. The third-order valence-corrected chi connectivity index (χ3v) is 3.74. The fourth-order valence-corrected chi connectivity index (χ4v) is 2.45. The largest absolute Gasteiger partial charge is 0.497 e. The maximum atomic E-state index is 11.7. The maximum absolute atomic E-state index is 11.7. The Kier molecular flexibility index (Phi) is 5.82. The molecule has 0 fully saturated rings. The summed E-state index contributed by atoms with van der Waals surface area (Å²) in [5.74, 6) is 0.272. The molecular weight excluding hydrogens is 280 g/mol. The van der Waals surface area contributed by atoms with Gasteiger partial charge < -0.3 is 15.4 Å². The molecule has 1 aromatic rings. The van der Waals surface area contributed by atoms with E-state index in [2.05, 4.69) is 10.6 Å². The number of benzene rings is 1. The second kappa shape index (κ2) is 7.14. The van der Waals surface area contributed by atoms with Crippen molar-refractivity contribution in [3.63, 3.8) is 0 Å². The lowest BCUT2D eigenvalue weighted by atomic mass is 10.3. The van der Waals surface area contributed by atoms with Gasteiger partial charge in [-0.3, -0.25) is 4.79 Å². The second-order valence-electron chi connectivity index (χ2n) is 4.34. The van der Waals surface area contributed by atoms with Gasteiger partial charge in [0.05, 0.1) is 24.2 Å². The van der Waals surface area contributed by atoms with Crippen LogP contribution in [-0.4, -0.2) is 40.8 Å². The van der Waals surface area contributed by atoms with Crippen molar-refractivity contribution in [2.45, 2.75) is 18.2 Å². The van der Waals surface area contributed by atoms with Gasteiger partial charge in [-0.15, -0.1) is 0 Å². The third kappa shape index (κ3) is 4.73. The predicted molar refractivity (Wildman–Crippen MR) is 77.9 cm³/mol. The van der Waals surface area contributed by atoms with E-state index >= 15 is 0 Å². The SMILES string of the molecule is CCCNC(=O)CNc1ccc(OC)cc1S(C)(=O)=O. The van der Waals surface area contributed by atoms with Gasteiger partial charge in [0, 0.05) is 18.9 Å². The summed E-state index contributed by atoms with van der Waals surface area (Å²) in [6, 6.07) is 4.66. The van der Waals surface area contributed by atoms with Gasteiger partial charge in [-0.1, -0.05) is 6.92 Å². The molecule has 0 aliphatic heterocycles. The van der Waals surface area contributed by atoms with Crippen molar-refractivity contribution in [2.24, 2.45) is 0 Å². The Morgan fingerprint density at radius 3 is 2.60 bits per heavy atom. The lowest BCUT2D eigenvalue weighted by Crippen LogP contribution is -2.30. The van der Waals surface area contributed by atoms with E-state index in [-0.39, 0.29) is 17.3 Å². The molecule has 6 nitrogen and oxygen atoms in total. The topological polar surface area (TPSA) is 84.5 Å². The maximum Gasteiger partial charge on any atom is 0.239 e. The van der Waals surface area contributed by atoms with E-state index in [1.165, 1.54) is 13.2 Å². The van der Waals surface area contributed by atoms with Crippen LogP contribution in [0.5, 0.6) is 5.75 Å². The minimum absolute atomic E-state index is 0.0227. The Balaban J connectivity index is 2.87. The normalized spacial score (nSPS) is 10.9. The molecule has 0 aliphatic rings. The lowest BCUT2D eigenvalue weighted by Gasteiger charge is -2.12. The van der Waals surface area contributed by atoms with E-state index in [0.717, 1.165) is 12.7 Å². The summed E-state index contributed by atoms with van der Waals surface area (Å²) in [5, 5.41) is 5.54. The Hall–Kier alpha value is -1.76. The van der Waals surface area contributed by atoms with Gasteiger partial charge in [0.1, 0.15) is 5.75 Å². The summed E-state index contributed by atoms with van der Waals surface area (Å²) in [5.41, 5.74) is 0.389. The summed E-state index contributed by atoms with van der Waals surface area (Å²) in [6.07, 6.45) is 1.97. The van der Waals surface area contributed by atoms with Gasteiger partial charge in [-0.2, -0.15) is 0 Å². The van der Waals surface area contributed by atoms with E-state index in [1.54, 1.807) is 12.1 Å². The van der Waals surface area contributed by atoms with Crippen LogP contribution >= 0.6 is 0 Å². The summed E-state index contributed by atoms with van der Waals surface area (Å²) in [4.78, 5) is 11.6. The highest BCUT2D eigenvalue weighted by Crippen LogP contribution is 2.26. The van der Waals surface area contributed by atoms with E-state index in [9.17, 15) is 13.2 Å². The first-order chi connectivity index (χ1) is 9.38. The molecule has 1 amide bonds. The minimum atomic E-state index is -3.41. The highest BCUT2D eigenvalue weighted by molar-refractivity contribution is 7.90. The Morgan fingerprint density at radius 1 is 1.35 bits per heavy atom. The number of amides is 1. The van der Waals surface area contributed by atoms with Crippen LogP contribution in [0.3, 0.4) is 0 Å². The standard InChI is InChI=1S/C13H20N2O4S/c1-4-7-14-13(16)9-15-11-6-5-10(19-2)8-12(11)20(3,17)18/h5-6,8,15H,4,7,9H2,1-3H3,(H,14,16). The number of hydrogen-bond acceptors (Lipinski definition) is 5. The van der Waals surface area contributed by atoms with E-state index < -0.39 is 9.84 Å². The summed E-state index contributed by atoms with van der Waals surface area (Å²) >= 11 is 0. The number of carbonyl (C=O) groups is 1. The average Bonchev–Trinajstić information content (AvgIpc) is 2.41. The van der Waals surface area contributed by atoms with Crippen LogP contribution in [0, 0.1) is 0 Å². The molecule has 112 valence electrons. The molecule has 0 spiro atoms. The smallest absolute Gasteiger partial charge is 0.239 e. The number of sulfone groups is 1. The van der Waals surface area contributed by atoms with Gasteiger partial charge in [0.15, 0.2) is 9.84 Å². The predicted octanol–water partition coefficient (Wildman–Crippen LogP) is 1.04. The molecule has 0 aromatic heterocycles. The zero-order valence-corrected chi connectivity index (χ0v) is 12.7. The van der Waals surface area contributed by atoms with Crippen LogP contribution in [-0.2, 0) is 14.6 Å². The molecule has 7 heteroatoms. The Bertz CT molecular complexity index is 570. The van der Waals surface area contributed by atoms with Crippen molar-refractivity contribution >= 4 is 21.4 Å². The number of carbonyl (C=O) groups excluding carboxylic acids is 1. The molecule has 0 heterocycles. The molecule has 0 aliphatic carbocycles. The average molecular weight is 300 g/mol. The molecule has 1 aromatic carbocycles. The lowest BCUT2D eigenvalue weighted by molar-refractivity contribution is -0.119. The highest BCUT2D eigenvalue weighted by atomic mass is 32.2. The number of nitrogens with one attached hydrogen (secondary N) is 2. The van der Waals surface area contributed by atoms with E-state index in [4.69, 9.17) is 4.74 Å². The molecule has 1 rings (SSSR count). The summed E-state index contributed by atoms with van der Waals surface area (Å²) < 4.78 is 28.5. The fraction of sp³-hybridized carbons (Fsp3) is 0.462. The van der Waals surface area contributed by atoms with Crippen molar-refractivity contribution in [3.05, 3.63) is 18.2 Å². The minimum Gasteiger partial charge on any atom is -0.497 e. The quantitative estimate of drug-likeness (QED) is 0.786. The number of methoxy groups -OCH3 is 1. The van der Waals surface area contributed by atoms with Crippen LogP contribution < -0.4 is 15.4 Å². The van der Waals surface area contributed by atoms with Crippen molar-refractivity contribution in [3.8, 4) is 5.75 Å². The molecule has 2 N–H and O–H groups in total. The first kappa shape index (κ1) is 16.3. The second-order valence-corrected chi connectivity index (χ2v) is 6.32. The summed E-state index contributed by atoms with van der Waals surface area (Å²) in [6.45, 7) is 2.58. The van der Waals surface area contributed by atoms with Gasteiger partial charge in [0.25, 0.3) is 0 Å². The first-order valence-corrected chi connectivity index (χ1v) is 8.16. The third-order valence-electron chi connectivity index (χ3n) is 2.60. The van der Waals surface area contributed by atoms with Crippen LogP contribution in [0.15, 0.2) is 23.1 Å². The fourth-order valence-electron chi connectivity index (χ4n) is 1.58. The molecular formula is C13H20N2O4S. The zero-order chi connectivity index (χ0) is 15.2. The van der Waals surface area contributed by atoms with Crippen LogP contribution in [0.4, 0.5) is 5.69 Å². The van der Waals surface area contributed by atoms with Gasteiger partial charge in [-0.25, -0.2) is 8.42 Å².